The average molecular weight is 266 g/mol. The highest BCUT2D eigenvalue weighted by molar-refractivity contribution is 5.91. The number of carbonyl (C=O) groups excluding carboxylic acids is 1. The van der Waals surface area contributed by atoms with Crippen molar-refractivity contribution in [1.29, 1.82) is 0 Å². The molecule has 1 aromatic carbocycles. The van der Waals surface area contributed by atoms with Crippen LogP contribution in [0.3, 0.4) is 0 Å². The van der Waals surface area contributed by atoms with Gasteiger partial charge in [-0.15, -0.1) is 0 Å². The second-order valence-corrected chi connectivity index (χ2v) is 4.28. The Morgan fingerprint density at radius 2 is 1.89 bits per heavy atom. The summed E-state index contributed by atoms with van der Waals surface area (Å²) in [6, 6.07) is 5.18. The van der Waals surface area contributed by atoms with Gasteiger partial charge in [0.25, 0.3) is 0 Å². The number of carbonyl (C=O) groups is 1. The molecule has 0 aliphatic rings. The predicted octanol–water partition coefficient (Wildman–Crippen LogP) is 3.01. The van der Waals surface area contributed by atoms with Crippen molar-refractivity contribution in [2.75, 3.05) is 18.5 Å². The van der Waals surface area contributed by atoms with E-state index in [9.17, 15) is 4.79 Å². The molecule has 0 bridgehead atoms. The molecule has 1 aromatic rings. The van der Waals surface area contributed by atoms with Gasteiger partial charge >= 0.3 is 6.03 Å². The first-order valence-electron chi connectivity index (χ1n) is 6.54. The Morgan fingerprint density at radius 1 is 1.21 bits per heavy atom. The molecule has 0 aliphatic carbocycles. The highest BCUT2D eigenvalue weighted by Crippen LogP contribution is 2.29. The van der Waals surface area contributed by atoms with Crippen LogP contribution in [-0.4, -0.2) is 25.3 Å². The molecule has 0 aliphatic heterocycles. The average Bonchev–Trinajstić information content (AvgIpc) is 2.32. The van der Waals surface area contributed by atoms with Crippen molar-refractivity contribution < 1.29 is 14.3 Å². The molecular formula is C14H22N2O3. The van der Waals surface area contributed by atoms with Gasteiger partial charge in [0.15, 0.2) is 0 Å². The number of nitrogens with one attached hydrogen (secondary N) is 2. The van der Waals surface area contributed by atoms with E-state index in [1.54, 1.807) is 12.1 Å². The Hall–Kier alpha value is -1.91. The predicted molar refractivity (Wildman–Crippen MR) is 76.1 cm³/mol. The normalized spacial score (nSPS) is 10.2. The number of hydrogen-bond acceptors (Lipinski definition) is 3. The van der Waals surface area contributed by atoms with Crippen molar-refractivity contribution in [3.63, 3.8) is 0 Å². The number of anilines is 1. The van der Waals surface area contributed by atoms with Crippen LogP contribution in [0.25, 0.3) is 0 Å². The summed E-state index contributed by atoms with van der Waals surface area (Å²) in [5, 5.41) is 5.54. The summed E-state index contributed by atoms with van der Waals surface area (Å²) < 4.78 is 10.9. The molecule has 106 valence electrons. The molecule has 19 heavy (non-hydrogen) atoms. The van der Waals surface area contributed by atoms with Crippen molar-refractivity contribution in [2.24, 2.45) is 0 Å². The minimum atomic E-state index is -0.260. The van der Waals surface area contributed by atoms with Gasteiger partial charge in [-0.05, 0) is 39.8 Å². The van der Waals surface area contributed by atoms with E-state index in [-0.39, 0.29) is 12.1 Å². The number of hydrogen-bond donors (Lipinski definition) is 2. The maximum absolute atomic E-state index is 11.7. The summed E-state index contributed by atoms with van der Waals surface area (Å²) in [5.74, 6) is 1.33. The Kier molecular flexibility index (Phi) is 5.99. The summed E-state index contributed by atoms with van der Waals surface area (Å²) in [4.78, 5) is 11.7. The molecule has 0 unspecified atom stereocenters. The Bertz CT molecular complexity index is 419. The molecule has 2 amide bonds. The maximum Gasteiger partial charge on any atom is 0.319 e. The quantitative estimate of drug-likeness (QED) is 0.832. The van der Waals surface area contributed by atoms with Crippen LogP contribution < -0.4 is 20.1 Å². The van der Waals surface area contributed by atoms with Gasteiger partial charge in [-0.25, -0.2) is 4.79 Å². The van der Waals surface area contributed by atoms with E-state index >= 15 is 0 Å². The molecule has 0 saturated heterocycles. The number of amides is 2. The lowest BCUT2D eigenvalue weighted by molar-refractivity contribution is 0.249. The fourth-order valence-electron chi connectivity index (χ4n) is 1.57. The number of rotatable bonds is 6. The van der Waals surface area contributed by atoms with Crippen LogP contribution >= 0.6 is 0 Å². The van der Waals surface area contributed by atoms with Gasteiger partial charge < -0.3 is 20.1 Å². The Morgan fingerprint density at radius 3 is 2.47 bits per heavy atom. The van der Waals surface area contributed by atoms with Gasteiger partial charge in [0.05, 0.1) is 18.9 Å². The highest BCUT2D eigenvalue weighted by atomic mass is 16.5. The molecule has 5 heteroatoms. The van der Waals surface area contributed by atoms with E-state index < -0.39 is 0 Å². The van der Waals surface area contributed by atoms with Gasteiger partial charge in [-0.1, -0.05) is 0 Å². The Balaban J connectivity index is 2.86. The molecule has 0 heterocycles. The number of ether oxygens (including phenoxy) is 2. The molecule has 5 nitrogen and oxygen atoms in total. The molecule has 1 rings (SSSR count). The van der Waals surface area contributed by atoms with Crippen LogP contribution in [0.1, 0.15) is 27.7 Å². The van der Waals surface area contributed by atoms with E-state index in [4.69, 9.17) is 9.47 Å². The van der Waals surface area contributed by atoms with E-state index in [1.807, 2.05) is 33.8 Å². The van der Waals surface area contributed by atoms with E-state index in [0.29, 0.717) is 30.4 Å². The van der Waals surface area contributed by atoms with Crippen LogP contribution in [0.5, 0.6) is 11.5 Å². The van der Waals surface area contributed by atoms with E-state index in [1.165, 1.54) is 0 Å². The summed E-state index contributed by atoms with van der Waals surface area (Å²) in [5.41, 5.74) is 0.603. The number of urea groups is 1. The van der Waals surface area contributed by atoms with Crippen LogP contribution in [0, 0.1) is 0 Å². The second kappa shape index (κ2) is 7.51. The van der Waals surface area contributed by atoms with Crippen molar-refractivity contribution >= 4 is 11.7 Å². The summed E-state index contributed by atoms with van der Waals surface area (Å²) in [6.07, 6.45) is 0. The lowest BCUT2D eigenvalue weighted by atomic mass is 10.2. The van der Waals surface area contributed by atoms with E-state index in [2.05, 4.69) is 10.6 Å². The van der Waals surface area contributed by atoms with Crippen LogP contribution in [0.15, 0.2) is 18.2 Å². The molecule has 0 radical (unpaired) electrons. The fraction of sp³-hybridized carbons (Fsp3) is 0.500. The monoisotopic (exact) mass is 266 g/mol. The van der Waals surface area contributed by atoms with E-state index in [0.717, 1.165) is 0 Å². The van der Waals surface area contributed by atoms with Gasteiger partial charge in [-0.3, -0.25) is 0 Å². The van der Waals surface area contributed by atoms with Crippen molar-refractivity contribution in [3.8, 4) is 11.5 Å². The first kappa shape index (κ1) is 15.1. The molecule has 0 spiro atoms. The molecule has 0 atom stereocenters. The summed E-state index contributed by atoms with van der Waals surface area (Å²) >= 11 is 0. The molecule has 0 fully saturated rings. The number of benzene rings is 1. The minimum absolute atomic E-state index is 0.0746. The highest BCUT2D eigenvalue weighted by Gasteiger charge is 2.10. The largest absolute Gasteiger partial charge is 0.494 e. The van der Waals surface area contributed by atoms with Gasteiger partial charge in [0.1, 0.15) is 11.5 Å². The molecule has 0 saturated carbocycles. The minimum Gasteiger partial charge on any atom is -0.494 e. The first-order valence-corrected chi connectivity index (χ1v) is 6.54. The van der Waals surface area contributed by atoms with Gasteiger partial charge in [-0.2, -0.15) is 0 Å². The molecule has 0 aromatic heterocycles. The zero-order chi connectivity index (χ0) is 14.3. The topological polar surface area (TPSA) is 59.6 Å². The zero-order valence-corrected chi connectivity index (χ0v) is 11.9. The second-order valence-electron chi connectivity index (χ2n) is 4.28. The third-order valence-electron chi connectivity index (χ3n) is 2.23. The van der Waals surface area contributed by atoms with Crippen LogP contribution in [0.2, 0.25) is 0 Å². The van der Waals surface area contributed by atoms with Crippen LogP contribution in [0.4, 0.5) is 10.5 Å². The van der Waals surface area contributed by atoms with Crippen molar-refractivity contribution in [3.05, 3.63) is 18.2 Å². The Labute approximate surface area is 114 Å². The maximum atomic E-state index is 11.7. The lowest BCUT2D eigenvalue weighted by Gasteiger charge is -2.15. The first-order chi connectivity index (χ1) is 9.06. The van der Waals surface area contributed by atoms with Gasteiger partial charge in [0, 0.05) is 12.1 Å². The SMILES string of the molecule is CCOc1ccc(OCC)c(NC(=O)NC(C)C)c1. The molecular weight excluding hydrogens is 244 g/mol. The van der Waals surface area contributed by atoms with Crippen molar-refractivity contribution in [1.82, 2.24) is 5.32 Å². The third kappa shape index (κ3) is 5.07. The molecule has 2 N–H and O–H groups in total. The summed E-state index contributed by atoms with van der Waals surface area (Å²) in [7, 11) is 0. The third-order valence-corrected chi connectivity index (χ3v) is 2.23. The zero-order valence-electron chi connectivity index (χ0n) is 11.9. The smallest absolute Gasteiger partial charge is 0.319 e. The fourth-order valence-corrected chi connectivity index (χ4v) is 1.57. The lowest BCUT2D eigenvalue weighted by Crippen LogP contribution is -2.34. The van der Waals surface area contributed by atoms with Crippen molar-refractivity contribution in [2.45, 2.75) is 33.7 Å². The van der Waals surface area contributed by atoms with Crippen LogP contribution in [-0.2, 0) is 0 Å². The standard InChI is InChI=1S/C14H22N2O3/c1-5-18-11-7-8-13(19-6-2)12(9-11)16-14(17)15-10(3)4/h7-10H,5-6H2,1-4H3,(H2,15,16,17). The summed E-state index contributed by atoms with van der Waals surface area (Å²) in [6.45, 7) is 8.73. The van der Waals surface area contributed by atoms with Gasteiger partial charge in [0.2, 0.25) is 0 Å².